The second-order valence-electron chi connectivity index (χ2n) is 18.7. The standard InChI is InChI=1S/C51H52F4N8O5S2/c1-30-43(70-29-59-30)33-14-12-31(13-15-33)27-58-45(65)39-10-9-24-61(39)46(66)44(49(2,3)4)60-40(64)11-7-8-25-68-36-20-16-32(17-21-36)37-22-19-35(28-57-37)63-48(69)62(47(67)50(63,5)6)38-23-18-34(26-56)41(42(38)52)51(53,54)55/h12-23,28-29,39,44H,7-11,24-25,27H2,1-6H3,(H,58,65)(H,60,64)/t39-,44?/m0/s1. The summed E-state index contributed by atoms with van der Waals surface area (Å²) in [4.78, 5) is 67.9. The third-order valence-corrected chi connectivity index (χ3v) is 13.7. The highest BCUT2D eigenvalue weighted by molar-refractivity contribution is 7.81. The number of carbonyl (C=O) groups excluding carboxylic acids is 4. The first-order chi connectivity index (χ1) is 33.1. The summed E-state index contributed by atoms with van der Waals surface area (Å²) in [5.41, 5.74) is 0.925. The molecule has 5 aromatic rings. The van der Waals surface area contributed by atoms with E-state index in [1.165, 1.54) is 31.0 Å². The van der Waals surface area contributed by atoms with Crippen LogP contribution in [0.1, 0.15) is 89.1 Å². The summed E-state index contributed by atoms with van der Waals surface area (Å²) in [5.74, 6) is -2.75. The van der Waals surface area contributed by atoms with Crippen molar-refractivity contribution in [3.05, 3.63) is 113 Å². The molecular weight excluding hydrogens is 945 g/mol. The van der Waals surface area contributed by atoms with E-state index in [2.05, 4.69) is 20.6 Å². The number of aromatic nitrogens is 2. The Hall–Kier alpha value is -6.78. The van der Waals surface area contributed by atoms with Gasteiger partial charge in [-0.15, -0.1) is 11.3 Å². The largest absolute Gasteiger partial charge is 0.494 e. The summed E-state index contributed by atoms with van der Waals surface area (Å²) in [7, 11) is 0. The second kappa shape index (κ2) is 20.7. The van der Waals surface area contributed by atoms with Gasteiger partial charge in [0.15, 0.2) is 10.9 Å². The minimum Gasteiger partial charge on any atom is -0.494 e. The molecule has 0 saturated carbocycles. The lowest BCUT2D eigenvalue weighted by molar-refractivity contribution is -0.144. The van der Waals surface area contributed by atoms with Crippen molar-refractivity contribution in [1.82, 2.24) is 25.5 Å². The predicted octanol–water partition coefficient (Wildman–Crippen LogP) is 9.51. The molecule has 70 heavy (non-hydrogen) atoms. The van der Waals surface area contributed by atoms with Crippen LogP contribution in [0, 0.1) is 29.5 Å². The Morgan fingerprint density at radius 3 is 2.30 bits per heavy atom. The molecule has 2 aliphatic rings. The Kier molecular flexibility index (Phi) is 15.1. The van der Waals surface area contributed by atoms with Crippen LogP contribution in [0.4, 0.5) is 28.9 Å². The first kappa shape index (κ1) is 51.1. The van der Waals surface area contributed by atoms with Crippen molar-refractivity contribution >= 4 is 63.7 Å². The number of thiazole rings is 1. The van der Waals surface area contributed by atoms with E-state index in [-0.39, 0.29) is 29.3 Å². The van der Waals surface area contributed by atoms with Crippen LogP contribution < -0.4 is 25.2 Å². The van der Waals surface area contributed by atoms with Crippen molar-refractivity contribution in [2.75, 3.05) is 23.0 Å². The molecule has 366 valence electrons. The molecule has 7 rings (SSSR count). The highest BCUT2D eigenvalue weighted by atomic mass is 32.1. The molecule has 3 aromatic carbocycles. The summed E-state index contributed by atoms with van der Waals surface area (Å²) in [6.45, 7) is 11.7. The molecule has 0 bridgehead atoms. The van der Waals surface area contributed by atoms with E-state index < -0.39 is 57.8 Å². The van der Waals surface area contributed by atoms with E-state index >= 15 is 4.39 Å². The van der Waals surface area contributed by atoms with Crippen molar-refractivity contribution in [2.24, 2.45) is 5.41 Å². The Labute approximate surface area is 412 Å². The average molecular weight is 997 g/mol. The number of unbranched alkanes of at least 4 members (excludes halogenated alkanes) is 1. The number of likely N-dealkylation sites (tertiary alicyclic amines) is 1. The van der Waals surface area contributed by atoms with Gasteiger partial charge in [-0.3, -0.25) is 29.1 Å². The molecule has 19 heteroatoms. The number of benzene rings is 3. The number of nitriles is 1. The number of hydrogen-bond donors (Lipinski definition) is 2. The van der Waals surface area contributed by atoms with Crippen LogP contribution in [0.15, 0.2) is 84.5 Å². The summed E-state index contributed by atoms with van der Waals surface area (Å²) >= 11 is 7.12. The van der Waals surface area contributed by atoms with Gasteiger partial charge in [0.1, 0.15) is 28.9 Å². The summed E-state index contributed by atoms with van der Waals surface area (Å²) < 4.78 is 62.7. The number of nitrogens with one attached hydrogen (secondary N) is 2. The number of rotatable bonds is 15. The van der Waals surface area contributed by atoms with Gasteiger partial charge in [0.25, 0.3) is 5.91 Å². The number of alkyl halides is 3. The van der Waals surface area contributed by atoms with Crippen molar-refractivity contribution < 1.29 is 41.5 Å². The van der Waals surface area contributed by atoms with Crippen LogP contribution in [0.25, 0.3) is 21.7 Å². The number of thiocarbonyl (C=S) groups is 1. The van der Waals surface area contributed by atoms with Crippen LogP contribution >= 0.6 is 23.6 Å². The van der Waals surface area contributed by atoms with Gasteiger partial charge in [-0.05, 0) is 124 Å². The molecule has 0 spiro atoms. The normalized spacial score (nSPS) is 16.3. The lowest BCUT2D eigenvalue weighted by Gasteiger charge is -2.35. The fraction of sp³-hybridized carbons (Fsp3) is 0.373. The van der Waals surface area contributed by atoms with Crippen LogP contribution in [-0.2, 0) is 31.9 Å². The molecule has 2 N–H and O–H groups in total. The van der Waals surface area contributed by atoms with Gasteiger partial charge in [0.2, 0.25) is 17.7 Å². The van der Waals surface area contributed by atoms with Gasteiger partial charge in [-0.2, -0.15) is 18.4 Å². The Bertz CT molecular complexity index is 2820. The van der Waals surface area contributed by atoms with E-state index in [0.29, 0.717) is 67.4 Å². The van der Waals surface area contributed by atoms with Gasteiger partial charge in [-0.25, -0.2) is 9.37 Å². The number of nitrogens with zero attached hydrogens (tertiary/aromatic N) is 6. The van der Waals surface area contributed by atoms with Gasteiger partial charge < -0.3 is 25.2 Å². The molecule has 4 heterocycles. The maximum Gasteiger partial charge on any atom is 0.420 e. The zero-order chi connectivity index (χ0) is 50.7. The maximum absolute atomic E-state index is 15.4. The predicted molar refractivity (Wildman–Crippen MR) is 262 cm³/mol. The molecule has 2 aliphatic heterocycles. The van der Waals surface area contributed by atoms with Gasteiger partial charge in [0, 0.05) is 25.1 Å². The average Bonchev–Trinajstić information content (AvgIpc) is 4.03. The SMILES string of the molecule is Cc1ncsc1-c1ccc(CNC(=O)[C@@H]2CCCN2C(=O)C(NC(=O)CCCCOc2ccc(-c3ccc(N4C(=S)N(c5ccc(C#N)c(C(F)(F)F)c5F)C(=O)C4(C)C)cn3)cc2)C(C)(C)C)cc1. The Balaban J connectivity index is 0.879. The first-order valence-corrected chi connectivity index (χ1v) is 24.0. The zero-order valence-corrected chi connectivity index (χ0v) is 41.1. The van der Waals surface area contributed by atoms with E-state index in [0.717, 1.165) is 39.4 Å². The number of carbonyl (C=O) groups is 4. The first-order valence-electron chi connectivity index (χ1n) is 22.7. The Morgan fingerprint density at radius 1 is 0.986 bits per heavy atom. The number of pyridine rings is 1. The second-order valence-corrected chi connectivity index (χ2v) is 19.9. The van der Waals surface area contributed by atoms with Gasteiger partial charge in [0.05, 0.1) is 57.6 Å². The fourth-order valence-corrected chi connectivity index (χ4v) is 9.87. The van der Waals surface area contributed by atoms with Crippen molar-refractivity contribution in [1.29, 1.82) is 5.26 Å². The number of anilines is 2. The van der Waals surface area contributed by atoms with E-state index in [4.69, 9.17) is 17.0 Å². The summed E-state index contributed by atoms with van der Waals surface area (Å²) in [6.07, 6.45) is -1.30. The number of ether oxygens (including phenoxy) is 1. The highest BCUT2D eigenvalue weighted by Crippen LogP contribution is 2.42. The molecule has 1 unspecified atom stereocenters. The van der Waals surface area contributed by atoms with E-state index in [9.17, 15) is 37.6 Å². The fourth-order valence-electron chi connectivity index (χ4n) is 8.55. The minimum absolute atomic E-state index is 0.173. The number of aryl methyl sites for hydroxylation is 1. The third kappa shape index (κ3) is 10.8. The van der Waals surface area contributed by atoms with E-state index in [1.54, 1.807) is 52.6 Å². The number of hydrogen-bond acceptors (Lipinski definition) is 10. The minimum atomic E-state index is -5.20. The van der Waals surface area contributed by atoms with E-state index in [1.807, 2.05) is 57.5 Å². The molecule has 13 nitrogen and oxygen atoms in total. The van der Waals surface area contributed by atoms with Crippen molar-refractivity contribution in [2.45, 2.75) is 104 Å². The highest BCUT2D eigenvalue weighted by Gasteiger charge is 2.52. The van der Waals surface area contributed by atoms with Crippen LogP contribution in [0.3, 0.4) is 0 Å². The number of halogens is 4. The van der Waals surface area contributed by atoms with Crippen LogP contribution in [-0.4, -0.2) is 74.4 Å². The molecule has 2 saturated heterocycles. The van der Waals surface area contributed by atoms with Gasteiger partial charge in [-0.1, -0.05) is 45.0 Å². The summed E-state index contributed by atoms with van der Waals surface area (Å²) in [5, 5.41) is 14.9. The van der Waals surface area contributed by atoms with Crippen LogP contribution in [0.5, 0.6) is 5.75 Å². The van der Waals surface area contributed by atoms with Crippen molar-refractivity contribution in [3.63, 3.8) is 0 Å². The van der Waals surface area contributed by atoms with Gasteiger partial charge >= 0.3 is 6.18 Å². The smallest absolute Gasteiger partial charge is 0.420 e. The molecule has 0 aliphatic carbocycles. The summed E-state index contributed by atoms with van der Waals surface area (Å²) in [6, 6.07) is 20.0. The molecule has 0 radical (unpaired) electrons. The molecule has 2 fully saturated rings. The monoisotopic (exact) mass is 996 g/mol. The molecule has 2 atom stereocenters. The van der Waals surface area contributed by atoms with Crippen molar-refractivity contribution in [3.8, 4) is 33.5 Å². The lowest BCUT2D eigenvalue weighted by atomic mass is 9.85. The molecule has 2 aromatic heterocycles. The lowest BCUT2D eigenvalue weighted by Crippen LogP contribution is -2.57. The van der Waals surface area contributed by atoms with Crippen LogP contribution in [0.2, 0.25) is 0 Å². The third-order valence-electron chi connectivity index (χ3n) is 12.3. The zero-order valence-electron chi connectivity index (χ0n) is 39.4. The molecule has 4 amide bonds. The topological polar surface area (TPSA) is 161 Å². The number of amides is 4. The Morgan fingerprint density at radius 2 is 1.69 bits per heavy atom. The molecular formula is C51H52F4N8O5S2. The quantitative estimate of drug-likeness (QED) is 0.0588. The maximum atomic E-state index is 15.4.